The third-order valence-electron chi connectivity index (χ3n) is 4.21. The Morgan fingerprint density at radius 2 is 1.79 bits per heavy atom. The summed E-state index contributed by atoms with van der Waals surface area (Å²) in [5, 5.41) is 0. The van der Waals surface area contributed by atoms with Crippen LogP contribution in [0.15, 0.2) is 42.5 Å². The van der Waals surface area contributed by atoms with E-state index in [2.05, 4.69) is 20.8 Å². The summed E-state index contributed by atoms with van der Waals surface area (Å²) in [6.45, 7) is 8.90. The minimum Gasteiger partial charge on any atom is -0.454 e. The van der Waals surface area contributed by atoms with Crippen LogP contribution < -0.4 is 9.47 Å². The quantitative estimate of drug-likeness (QED) is 0.850. The molecule has 0 saturated heterocycles. The topological polar surface area (TPSA) is 38.8 Å². The lowest BCUT2D eigenvalue weighted by atomic mass is 10.0. The number of carbonyl (C=O) groups excluding carboxylic acids is 1. The summed E-state index contributed by atoms with van der Waals surface area (Å²) < 4.78 is 10.8. The molecule has 0 aromatic heterocycles. The van der Waals surface area contributed by atoms with E-state index in [1.807, 2.05) is 54.3 Å². The molecule has 1 aliphatic heterocycles. The number of ether oxygens (including phenoxy) is 2. The fraction of sp³-hybridized carbons (Fsp3) is 0.350. The first-order valence-electron chi connectivity index (χ1n) is 8.12. The fourth-order valence-electron chi connectivity index (χ4n) is 2.79. The maximum atomic E-state index is 13.1. The number of hydrogen-bond acceptors (Lipinski definition) is 3. The summed E-state index contributed by atoms with van der Waals surface area (Å²) in [5.41, 5.74) is 2.46. The van der Waals surface area contributed by atoms with E-state index >= 15 is 0 Å². The second kappa shape index (κ2) is 6.19. The van der Waals surface area contributed by atoms with Gasteiger partial charge in [-0.2, -0.15) is 0 Å². The minimum atomic E-state index is -0.296. The highest BCUT2D eigenvalue weighted by atomic mass is 16.7. The van der Waals surface area contributed by atoms with Crippen LogP contribution in [-0.2, 0) is 6.54 Å². The van der Waals surface area contributed by atoms with E-state index < -0.39 is 0 Å². The van der Waals surface area contributed by atoms with Crippen molar-refractivity contribution in [2.75, 3.05) is 6.79 Å². The largest absolute Gasteiger partial charge is 0.454 e. The maximum Gasteiger partial charge on any atom is 0.254 e. The lowest BCUT2D eigenvalue weighted by molar-refractivity contribution is 0.0558. The molecule has 0 radical (unpaired) electrons. The molecule has 4 heteroatoms. The molecule has 0 bridgehead atoms. The van der Waals surface area contributed by atoms with Crippen molar-refractivity contribution in [2.45, 2.75) is 39.8 Å². The second-order valence-corrected chi connectivity index (χ2v) is 7.06. The van der Waals surface area contributed by atoms with E-state index in [1.165, 1.54) is 0 Å². The smallest absolute Gasteiger partial charge is 0.254 e. The van der Waals surface area contributed by atoms with Crippen LogP contribution in [0.25, 0.3) is 0 Å². The monoisotopic (exact) mass is 325 g/mol. The molecule has 2 aromatic carbocycles. The first kappa shape index (κ1) is 16.4. The van der Waals surface area contributed by atoms with Gasteiger partial charge in [-0.05, 0) is 57.0 Å². The SMILES string of the molecule is Cc1ccccc1C(=O)N(Cc1ccc2c(c1)OCO2)C(C)(C)C. The van der Waals surface area contributed by atoms with Gasteiger partial charge in [0.15, 0.2) is 11.5 Å². The Labute approximate surface area is 143 Å². The highest BCUT2D eigenvalue weighted by Gasteiger charge is 2.28. The molecule has 126 valence electrons. The summed E-state index contributed by atoms with van der Waals surface area (Å²) in [6.07, 6.45) is 0. The van der Waals surface area contributed by atoms with Gasteiger partial charge in [-0.1, -0.05) is 24.3 Å². The van der Waals surface area contributed by atoms with Crippen LogP contribution in [-0.4, -0.2) is 23.1 Å². The lowest BCUT2D eigenvalue weighted by Crippen LogP contribution is -2.45. The van der Waals surface area contributed by atoms with Crippen molar-refractivity contribution in [3.05, 3.63) is 59.2 Å². The number of hydrogen-bond donors (Lipinski definition) is 0. The van der Waals surface area contributed by atoms with Gasteiger partial charge in [0, 0.05) is 17.6 Å². The van der Waals surface area contributed by atoms with E-state index in [0.717, 1.165) is 28.2 Å². The molecule has 0 atom stereocenters. The summed E-state index contributed by atoms with van der Waals surface area (Å²) in [5.74, 6) is 1.54. The van der Waals surface area contributed by atoms with E-state index in [0.29, 0.717) is 6.54 Å². The predicted molar refractivity (Wildman–Crippen MR) is 93.4 cm³/mol. The van der Waals surface area contributed by atoms with Gasteiger partial charge in [0.05, 0.1) is 0 Å². The summed E-state index contributed by atoms with van der Waals surface area (Å²) >= 11 is 0. The van der Waals surface area contributed by atoms with E-state index in [1.54, 1.807) is 0 Å². The van der Waals surface area contributed by atoms with Gasteiger partial charge in [-0.25, -0.2) is 0 Å². The molecular weight excluding hydrogens is 302 g/mol. The van der Waals surface area contributed by atoms with Crippen LogP contribution >= 0.6 is 0 Å². The molecule has 24 heavy (non-hydrogen) atoms. The van der Waals surface area contributed by atoms with E-state index in [-0.39, 0.29) is 18.2 Å². The van der Waals surface area contributed by atoms with Crippen LogP contribution in [0.1, 0.15) is 42.3 Å². The van der Waals surface area contributed by atoms with Crippen molar-refractivity contribution in [3.8, 4) is 11.5 Å². The van der Waals surface area contributed by atoms with Gasteiger partial charge >= 0.3 is 0 Å². The maximum absolute atomic E-state index is 13.1. The Kier molecular flexibility index (Phi) is 4.22. The van der Waals surface area contributed by atoms with Crippen molar-refractivity contribution in [1.82, 2.24) is 4.90 Å². The van der Waals surface area contributed by atoms with E-state index in [9.17, 15) is 4.79 Å². The highest BCUT2D eigenvalue weighted by molar-refractivity contribution is 5.96. The van der Waals surface area contributed by atoms with Crippen molar-refractivity contribution < 1.29 is 14.3 Å². The predicted octanol–water partition coefficient (Wildman–Crippen LogP) is 4.16. The highest BCUT2D eigenvalue weighted by Crippen LogP contribution is 2.33. The molecule has 0 N–H and O–H groups in total. The fourth-order valence-corrected chi connectivity index (χ4v) is 2.79. The molecule has 3 rings (SSSR count). The standard InChI is InChI=1S/C20H23NO3/c1-14-7-5-6-8-16(14)19(22)21(20(2,3)4)12-15-9-10-17-18(11-15)24-13-23-17/h5-11H,12-13H2,1-4H3. The van der Waals surface area contributed by atoms with Gasteiger partial charge in [0.2, 0.25) is 6.79 Å². The first-order chi connectivity index (χ1) is 11.4. The molecule has 0 spiro atoms. The Hall–Kier alpha value is -2.49. The van der Waals surface area contributed by atoms with Crippen molar-refractivity contribution in [1.29, 1.82) is 0 Å². The zero-order valence-corrected chi connectivity index (χ0v) is 14.6. The van der Waals surface area contributed by atoms with Gasteiger partial charge in [0.25, 0.3) is 5.91 Å². The average Bonchev–Trinajstić information content (AvgIpc) is 2.99. The molecule has 0 fully saturated rings. The number of rotatable bonds is 3. The van der Waals surface area contributed by atoms with Crippen molar-refractivity contribution in [2.24, 2.45) is 0 Å². The van der Waals surface area contributed by atoms with Crippen LogP contribution in [0.5, 0.6) is 11.5 Å². The summed E-state index contributed by atoms with van der Waals surface area (Å²) in [4.78, 5) is 15.0. The molecule has 0 saturated carbocycles. The van der Waals surface area contributed by atoms with Crippen LogP contribution in [0, 0.1) is 6.92 Å². The lowest BCUT2D eigenvalue weighted by Gasteiger charge is -2.36. The Morgan fingerprint density at radius 1 is 1.08 bits per heavy atom. The molecule has 1 aliphatic rings. The Morgan fingerprint density at radius 3 is 2.50 bits per heavy atom. The number of benzene rings is 2. The minimum absolute atomic E-state index is 0.0401. The molecule has 4 nitrogen and oxygen atoms in total. The molecule has 0 unspecified atom stereocenters. The molecule has 2 aromatic rings. The second-order valence-electron chi connectivity index (χ2n) is 7.06. The number of fused-ring (bicyclic) bond motifs is 1. The summed E-state index contributed by atoms with van der Waals surface area (Å²) in [7, 11) is 0. The third-order valence-corrected chi connectivity index (χ3v) is 4.21. The van der Waals surface area contributed by atoms with Gasteiger partial charge < -0.3 is 14.4 Å². The van der Waals surface area contributed by atoms with Crippen LogP contribution in [0.3, 0.4) is 0 Å². The number of aryl methyl sites for hydroxylation is 1. The average molecular weight is 325 g/mol. The normalized spacial score (nSPS) is 13.0. The zero-order valence-electron chi connectivity index (χ0n) is 14.6. The molecular formula is C20H23NO3. The van der Waals surface area contributed by atoms with Crippen LogP contribution in [0.2, 0.25) is 0 Å². The van der Waals surface area contributed by atoms with Crippen LogP contribution in [0.4, 0.5) is 0 Å². The van der Waals surface area contributed by atoms with Gasteiger partial charge in [-0.15, -0.1) is 0 Å². The van der Waals surface area contributed by atoms with Crippen molar-refractivity contribution in [3.63, 3.8) is 0 Å². The number of carbonyl (C=O) groups is 1. The van der Waals surface area contributed by atoms with Crippen molar-refractivity contribution >= 4 is 5.91 Å². The zero-order chi connectivity index (χ0) is 17.3. The third kappa shape index (κ3) is 3.23. The van der Waals surface area contributed by atoms with Gasteiger partial charge in [0.1, 0.15) is 0 Å². The van der Waals surface area contributed by atoms with Gasteiger partial charge in [-0.3, -0.25) is 4.79 Å². The summed E-state index contributed by atoms with van der Waals surface area (Å²) in [6, 6.07) is 13.5. The number of nitrogens with zero attached hydrogens (tertiary/aromatic N) is 1. The Bertz CT molecular complexity index is 762. The Balaban J connectivity index is 1.90. The van der Waals surface area contributed by atoms with E-state index in [4.69, 9.17) is 9.47 Å². The molecule has 1 amide bonds. The first-order valence-corrected chi connectivity index (χ1v) is 8.12. The molecule has 1 heterocycles. The molecule has 0 aliphatic carbocycles. The number of amides is 1.